The summed E-state index contributed by atoms with van der Waals surface area (Å²) >= 11 is 0. The van der Waals surface area contributed by atoms with Crippen molar-refractivity contribution in [2.45, 2.75) is 13.0 Å². The topological polar surface area (TPSA) is 76.1 Å². The first-order valence-electron chi connectivity index (χ1n) is 10.4. The van der Waals surface area contributed by atoms with E-state index in [0.717, 1.165) is 21.9 Å². The SMILES string of the molecule is COCCN1C(=O)C(=O)/C(=C(\O)c2ccc(OC)c(C)c2)C1c1cccc2ccccc12. The van der Waals surface area contributed by atoms with Crippen LogP contribution < -0.4 is 4.74 Å². The van der Waals surface area contributed by atoms with Crippen LogP contribution >= 0.6 is 0 Å². The maximum Gasteiger partial charge on any atom is 0.295 e. The van der Waals surface area contributed by atoms with Crippen molar-refractivity contribution in [3.63, 3.8) is 0 Å². The molecule has 1 unspecified atom stereocenters. The van der Waals surface area contributed by atoms with Gasteiger partial charge in [-0.1, -0.05) is 42.5 Å². The van der Waals surface area contributed by atoms with Crippen LogP contribution in [0.15, 0.2) is 66.2 Å². The summed E-state index contributed by atoms with van der Waals surface area (Å²) in [5.41, 5.74) is 2.13. The van der Waals surface area contributed by atoms with E-state index in [1.54, 1.807) is 32.4 Å². The Labute approximate surface area is 186 Å². The van der Waals surface area contributed by atoms with Crippen LogP contribution in [-0.2, 0) is 14.3 Å². The third-order valence-electron chi connectivity index (χ3n) is 5.86. The van der Waals surface area contributed by atoms with Gasteiger partial charge in [-0.25, -0.2) is 0 Å². The second kappa shape index (κ2) is 8.85. The number of fused-ring (bicyclic) bond motifs is 1. The summed E-state index contributed by atoms with van der Waals surface area (Å²) in [7, 11) is 3.12. The number of methoxy groups -OCH3 is 2. The highest BCUT2D eigenvalue weighted by molar-refractivity contribution is 6.46. The Balaban J connectivity index is 1.94. The minimum atomic E-state index is -0.723. The molecular formula is C26H25NO5. The van der Waals surface area contributed by atoms with E-state index < -0.39 is 17.7 Å². The number of likely N-dealkylation sites (tertiary alicyclic amines) is 1. The zero-order valence-electron chi connectivity index (χ0n) is 18.3. The summed E-state index contributed by atoms with van der Waals surface area (Å²) in [4.78, 5) is 27.6. The van der Waals surface area contributed by atoms with Crippen molar-refractivity contribution in [1.82, 2.24) is 4.90 Å². The summed E-state index contributed by atoms with van der Waals surface area (Å²) in [6, 6.07) is 18.0. The summed E-state index contributed by atoms with van der Waals surface area (Å²) in [6.07, 6.45) is 0. The van der Waals surface area contributed by atoms with Crippen molar-refractivity contribution in [2.24, 2.45) is 0 Å². The van der Waals surface area contributed by atoms with Crippen LogP contribution in [0, 0.1) is 6.92 Å². The molecule has 4 rings (SSSR count). The van der Waals surface area contributed by atoms with Gasteiger partial charge in [0.05, 0.1) is 25.3 Å². The lowest BCUT2D eigenvalue weighted by Gasteiger charge is -2.26. The van der Waals surface area contributed by atoms with Crippen molar-refractivity contribution in [3.8, 4) is 5.75 Å². The number of hydrogen-bond donors (Lipinski definition) is 1. The standard InChI is InChI=1S/C26H25NO5/c1-16-15-18(11-12-21(16)32-3)24(28)22-23(27(13-14-31-2)26(30)25(22)29)20-10-6-8-17-7-4-5-9-19(17)20/h4-12,15,23,28H,13-14H2,1-3H3/b24-22-. The molecule has 1 atom stereocenters. The molecule has 0 saturated carbocycles. The van der Waals surface area contributed by atoms with E-state index in [1.165, 1.54) is 4.90 Å². The fourth-order valence-electron chi connectivity index (χ4n) is 4.29. The average molecular weight is 431 g/mol. The van der Waals surface area contributed by atoms with Crippen LogP contribution in [0.2, 0.25) is 0 Å². The van der Waals surface area contributed by atoms with Crippen molar-refractivity contribution in [3.05, 3.63) is 82.9 Å². The normalized spacial score (nSPS) is 17.8. The Kier molecular flexibility index (Phi) is 5.97. The van der Waals surface area contributed by atoms with Crippen molar-refractivity contribution in [2.75, 3.05) is 27.4 Å². The third-order valence-corrected chi connectivity index (χ3v) is 5.86. The summed E-state index contributed by atoms with van der Waals surface area (Å²) in [6.45, 7) is 2.36. The van der Waals surface area contributed by atoms with Gasteiger partial charge in [0.15, 0.2) is 0 Å². The largest absolute Gasteiger partial charge is 0.507 e. The second-order valence-corrected chi connectivity index (χ2v) is 7.74. The number of aliphatic hydroxyl groups excluding tert-OH is 1. The molecule has 6 nitrogen and oxygen atoms in total. The van der Waals surface area contributed by atoms with Crippen LogP contribution in [0.4, 0.5) is 0 Å². The molecule has 1 saturated heterocycles. The van der Waals surface area contributed by atoms with Crippen molar-refractivity contribution < 1.29 is 24.2 Å². The van der Waals surface area contributed by atoms with Gasteiger partial charge in [-0.2, -0.15) is 0 Å². The fourth-order valence-corrected chi connectivity index (χ4v) is 4.29. The molecule has 164 valence electrons. The number of aryl methyl sites for hydroxylation is 1. The van der Waals surface area contributed by atoms with E-state index in [2.05, 4.69) is 0 Å². The molecule has 1 fully saturated rings. The molecule has 3 aromatic rings. The van der Waals surface area contributed by atoms with Crippen LogP contribution in [0.25, 0.3) is 16.5 Å². The first-order valence-corrected chi connectivity index (χ1v) is 10.4. The highest BCUT2D eigenvalue weighted by Crippen LogP contribution is 2.42. The van der Waals surface area contributed by atoms with E-state index in [4.69, 9.17) is 9.47 Å². The van der Waals surface area contributed by atoms with Gasteiger partial charge in [0.2, 0.25) is 0 Å². The molecule has 1 heterocycles. The number of hydrogen-bond acceptors (Lipinski definition) is 5. The maximum absolute atomic E-state index is 13.1. The van der Waals surface area contributed by atoms with Crippen molar-refractivity contribution >= 4 is 28.2 Å². The van der Waals surface area contributed by atoms with Gasteiger partial charge in [0, 0.05) is 19.2 Å². The number of carbonyl (C=O) groups excluding carboxylic acids is 2. The molecule has 0 aromatic heterocycles. The van der Waals surface area contributed by atoms with Gasteiger partial charge >= 0.3 is 0 Å². The summed E-state index contributed by atoms with van der Waals surface area (Å²) < 4.78 is 10.5. The lowest BCUT2D eigenvalue weighted by atomic mass is 9.91. The monoisotopic (exact) mass is 431 g/mol. The molecule has 0 spiro atoms. The van der Waals surface area contributed by atoms with E-state index in [0.29, 0.717) is 11.3 Å². The van der Waals surface area contributed by atoms with Gasteiger partial charge in [-0.15, -0.1) is 0 Å². The zero-order valence-corrected chi connectivity index (χ0v) is 18.3. The highest BCUT2D eigenvalue weighted by Gasteiger charge is 2.46. The van der Waals surface area contributed by atoms with E-state index >= 15 is 0 Å². The lowest BCUT2D eigenvalue weighted by Crippen LogP contribution is -2.32. The first kappa shape index (κ1) is 21.6. The number of benzene rings is 3. The fraction of sp³-hybridized carbons (Fsp3) is 0.231. The number of aliphatic hydroxyl groups is 1. The number of ketones is 1. The van der Waals surface area contributed by atoms with Crippen molar-refractivity contribution in [1.29, 1.82) is 0 Å². The van der Waals surface area contributed by atoms with Gasteiger partial charge in [0.25, 0.3) is 11.7 Å². The Hall–Kier alpha value is -3.64. The maximum atomic E-state index is 13.1. The number of rotatable bonds is 6. The Bertz CT molecular complexity index is 1220. The number of carbonyl (C=O) groups is 2. The summed E-state index contributed by atoms with van der Waals surface area (Å²) in [5, 5.41) is 13.2. The van der Waals surface area contributed by atoms with E-state index in [1.807, 2.05) is 49.4 Å². The summed E-state index contributed by atoms with van der Waals surface area (Å²) in [5.74, 6) is -0.878. The Morgan fingerprint density at radius 3 is 2.50 bits per heavy atom. The minimum Gasteiger partial charge on any atom is -0.507 e. The molecule has 3 aromatic carbocycles. The molecule has 0 radical (unpaired) electrons. The zero-order chi connectivity index (χ0) is 22.8. The minimum absolute atomic E-state index is 0.0759. The molecule has 0 aliphatic carbocycles. The second-order valence-electron chi connectivity index (χ2n) is 7.74. The number of amides is 1. The Morgan fingerprint density at radius 1 is 1.03 bits per heavy atom. The molecule has 1 N–H and O–H groups in total. The predicted octanol–water partition coefficient (Wildman–Crippen LogP) is 4.22. The molecule has 32 heavy (non-hydrogen) atoms. The number of ether oxygens (including phenoxy) is 2. The van der Waals surface area contributed by atoms with Crippen LogP contribution in [0.5, 0.6) is 5.75 Å². The average Bonchev–Trinajstić information content (AvgIpc) is 3.06. The van der Waals surface area contributed by atoms with E-state index in [-0.39, 0.29) is 24.5 Å². The predicted molar refractivity (Wildman–Crippen MR) is 123 cm³/mol. The third kappa shape index (κ3) is 3.63. The van der Waals surface area contributed by atoms with E-state index in [9.17, 15) is 14.7 Å². The lowest BCUT2D eigenvalue weighted by molar-refractivity contribution is -0.140. The first-order chi connectivity index (χ1) is 15.5. The van der Waals surface area contributed by atoms with Gasteiger partial charge in [-0.05, 0) is 47.0 Å². The molecule has 1 aliphatic heterocycles. The number of nitrogens with zero attached hydrogens (tertiary/aromatic N) is 1. The molecule has 0 bridgehead atoms. The number of Topliss-reactive ketones (excluding diaryl/α,β-unsaturated/α-hetero) is 1. The smallest absolute Gasteiger partial charge is 0.295 e. The molecule has 1 aliphatic rings. The van der Waals surface area contributed by atoms with Crippen LogP contribution in [-0.4, -0.2) is 49.1 Å². The van der Waals surface area contributed by atoms with Gasteiger partial charge in [-0.3, -0.25) is 9.59 Å². The van der Waals surface area contributed by atoms with Gasteiger partial charge < -0.3 is 19.5 Å². The molecule has 6 heteroatoms. The van der Waals surface area contributed by atoms with Crippen LogP contribution in [0.1, 0.15) is 22.7 Å². The quantitative estimate of drug-likeness (QED) is 0.359. The van der Waals surface area contributed by atoms with Crippen LogP contribution in [0.3, 0.4) is 0 Å². The molecule has 1 amide bonds. The Morgan fingerprint density at radius 2 is 1.78 bits per heavy atom. The van der Waals surface area contributed by atoms with Gasteiger partial charge in [0.1, 0.15) is 11.5 Å². The highest BCUT2D eigenvalue weighted by atomic mass is 16.5. The molecular weight excluding hydrogens is 406 g/mol.